The summed E-state index contributed by atoms with van der Waals surface area (Å²) in [5.41, 5.74) is 2.86. The molecule has 142 valence electrons. The number of fused-ring (bicyclic) bond motifs is 1. The zero-order chi connectivity index (χ0) is 18.6. The van der Waals surface area contributed by atoms with E-state index in [1.165, 1.54) is 0 Å². The smallest absolute Gasteiger partial charge is 0.223 e. The summed E-state index contributed by atoms with van der Waals surface area (Å²) >= 11 is 0. The number of nitrogens with one attached hydrogen (secondary N) is 2. The van der Waals surface area contributed by atoms with Gasteiger partial charge in [0.1, 0.15) is 5.65 Å². The van der Waals surface area contributed by atoms with Crippen molar-refractivity contribution >= 4 is 17.0 Å². The van der Waals surface area contributed by atoms with Gasteiger partial charge in [0.2, 0.25) is 5.95 Å². The third-order valence-corrected chi connectivity index (χ3v) is 5.21. The minimum absolute atomic E-state index is 0.0210. The van der Waals surface area contributed by atoms with E-state index in [0.29, 0.717) is 5.95 Å². The summed E-state index contributed by atoms with van der Waals surface area (Å²) in [6.45, 7) is 1.71. The molecule has 2 atom stereocenters. The molecule has 7 nitrogen and oxygen atoms in total. The van der Waals surface area contributed by atoms with Gasteiger partial charge in [0.05, 0.1) is 17.8 Å². The van der Waals surface area contributed by atoms with Crippen LogP contribution in [0.25, 0.3) is 22.3 Å². The SMILES string of the molecule is CNCCn1cc(-c2ccnc(N[C@@H]3CCCC[C@H]3O)n2)c2cccnc21. The van der Waals surface area contributed by atoms with Crippen LogP contribution >= 0.6 is 0 Å². The molecule has 7 heteroatoms. The highest BCUT2D eigenvalue weighted by Gasteiger charge is 2.23. The van der Waals surface area contributed by atoms with E-state index in [0.717, 1.165) is 61.1 Å². The lowest BCUT2D eigenvalue weighted by molar-refractivity contribution is 0.116. The van der Waals surface area contributed by atoms with Gasteiger partial charge in [-0.15, -0.1) is 0 Å². The van der Waals surface area contributed by atoms with Crippen LogP contribution in [0, 0.1) is 0 Å². The van der Waals surface area contributed by atoms with Crippen molar-refractivity contribution < 1.29 is 5.11 Å². The first-order valence-corrected chi connectivity index (χ1v) is 9.63. The fourth-order valence-electron chi connectivity index (χ4n) is 3.75. The summed E-state index contributed by atoms with van der Waals surface area (Å²) in [5.74, 6) is 0.568. The second-order valence-corrected chi connectivity index (χ2v) is 7.08. The molecular formula is C20H26N6O. The molecular weight excluding hydrogens is 340 g/mol. The molecule has 3 aromatic heterocycles. The third kappa shape index (κ3) is 3.79. The van der Waals surface area contributed by atoms with E-state index < -0.39 is 0 Å². The fraction of sp³-hybridized carbons (Fsp3) is 0.450. The molecule has 1 aliphatic rings. The Balaban J connectivity index is 1.65. The Morgan fingerprint density at radius 2 is 2.07 bits per heavy atom. The Morgan fingerprint density at radius 3 is 2.93 bits per heavy atom. The Kier molecular flexibility index (Phi) is 5.31. The van der Waals surface area contributed by atoms with Crippen molar-refractivity contribution in [2.75, 3.05) is 18.9 Å². The van der Waals surface area contributed by atoms with Crippen LogP contribution in [0.5, 0.6) is 0 Å². The monoisotopic (exact) mass is 366 g/mol. The molecule has 3 aromatic rings. The molecule has 0 bridgehead atoms. The van der Waals surface area contributed by atoms with Crippen molar-refractivity contribution in [3.05, 3.63) is 36.8 Å². The summed E-state index contributed by atoms with van der Waals surface area (Å²) in [5, 5.41) is 17.8. The topological polar surface area (TPSA) is 87.9 Å². The van der Waals surface area contributed by atoms with Gasteiger partial charge >= 0.3 is 0 Å². The van der Waals surface area contributed by atoms with Gasteiger partial charge in [0.25, 0.3) is 0 Å². The lowest BCUT2D eigenvalue weighted by Gasteiger charge is -2.28. The fourth-order valence-corrected chi connectivity index (χ4v) is 3.75. The number of hydrogen-bond donors (Lipinski definition) is 3. The Morgan fingerprint density at radius 1 is 1.19 bits per heavy atom. The summed E-state index contributed by atoms with van der Waals surface area (Å²) in [7, 11) is 1.95. The lowest BCUT2D eigenvalue weighted by Crippen LogP contribution is -2.36. The molecule has 0 radical (unpaired) electrons. The predicted octanol–water partition coefficient (Wildman–Crippen LogP) is 2.43. The molecule has 27 heavy (non-hydrogen) atoms. The highest BCUT2D eigenvalue weighted by atomic mass is 16.3. The number of aliphatic hydroxyl groups is 1. The minimum Gasteiger partial charge on any atom is -0.391 e. The van der Waals surface area contributed by atoms with Crippen LogP contribution in [0.2, 0.25) is 0 Å². The normalized spacial score (nSPS) is 20.1. The number of nitrogens with zero attached hydrogens (tertiary/aromatic N) is 4. The molecule has 0 saturated heterocycles. The number of pyridine rings is 1. The number of rotatable bonds is 6. The highest BCUT2D eigenvalue weighted by molar-refractivity contribution is 5.93. The van der Waals surface area contributed by atoms with Gasteiger partial charge in [-0.25, -0.2) is 15.0 Å². The molecule has 3 heterocycles. The first-order chi connectivity index (χ1) is 13.3. The summed E-state index contributed by atoms with van der Waals surface area (Å²) in [6, 6.07) is 5.97. The van der Waals surface area contributed by atoms with Gasteiger partial charge in [-0.05, 0) is 38.1 Å². The van der Waals surface area contributed by atoms with Crippen molar-refractivity contribution in [3.8, 4) is 11.3 Å². The van der Waals surface area contributed by atoms with Gasteiger partial charge in [-0.1, -0.05) is 12.8 Å². The van der Waals surface area contributed by atoms with E-state index in [2.05, 4.69) is 37.4 Å². The Bertz CT molecular complexity index is 908. The zero-order valence-electron chi connectivity index (χ0n) is 15.6. The van der Waals surface area contributed by atoms with Crippen LogP contribution in [0.3, 0.4) is 0 Å². The lowest BCUT2D eigenvalue weighted by atomic mass is 9.93. The van der Waals surface area contributed by atoms with E-state index in [-0.39, 0.29) is 12.1 Å². The average molecular weight is 366 g/mol. The van der Waals surface area contributed by atoms with Crippen LogP contribution in [0.4, 0.5) is 5.95 Å². The molecule has 0 spiro atoms. The van der Waals surface area contributed by atoms with Gasteiger partial charge in [0.15, 0.2) is 0 Å². The first-order valence-electron chi connectivity index (χ1n) is 9.63. The number of hydrogen-bond acceptors (Lipinski definition) is 6. The maximum atomic E-state index is 10.2. The molecule has 0 aliphatic heterocycles. The van der Waals surface area contributed by atoms with E-state index in [1.54, 1.807) is 6.20 Å². The van der Waals surface area contributed by atoms with E-state index in [1.807, 2.05) is 25.4 Å². The second-order valence-electron chi connectivity index (χ2n) is 7.08. The van der Waals surface area contributed by atoms with Gasteiger partial charge < -0.3 is 20.3 Å². The second kappa shape index (κ2) is 8.02. The maximum Gasteiger partial charge on any atom is 0.223 e. The number of aliphatic hydroxyl groups excluding tert-OH is 1. The third-order valence-electron chi connectivity index (χ3n) is 5.21. The van der Waals surface area contributed by atoms with Crippen LogP contribution in [0.1, 0.15) is 25.7 Å². The summed E-state index contributed by atoms with van der Waals surface area (Å²) < 4.78 is 2.15. The molecule has 0 aromatic carbocycles. The van der Waals surface area contributed by atoms with E-state index in [4.69, 9.17) is 4.98 Å². The van der Waals surface area contributed by atoms with Crippen molar-refractivity contribution in [2.45, 2.75) is 44.4 Å². The largest absolute Gasteiger partial charge is 0.391 e. The molecule has 3 N–H and O–H groups in total. The first kappa shape index (κ1) is 17.9. The Labute approximate surface area is 158 Å². The summed E-state index contributed by atoms with van der Waals surface area (Å²) in [4.78, 5) is 13.6. The molecule has 0 amide bonds. The molecule has 4 rings (SSSR count). The molecule has 0 unspecified atom stereocenters. The molecule has 1 fully saturated rings. The zero-order valence-corrected chi connectivity index (χ0v) is 15.6. The number of anilines is 1. The van der Waals surface area contributed by atoms with Crippen molar-refractivity contribution in [1.82, 2.24) is 24.8 Å². The van der Waals surface area contributed by atoms with Crippen LogP contribution in [0.15, 0.2) is 36.8 Å². The predicted molar refractivity (Wildman–Crippen MR) is 107 cm³/mol. The van der Waals surface area contributed by atoms with Crippen LogP contribution in [-0.2, 0) is 6.54 Å². The molecule has 1 aliphatic carbocycles. The summed E-state index contributed by atoms with van der Waals surface area (Å²) in [6.07, 6.45) is 9.35. The minimum atomic E-state index is -0.335. The van der Waals surface area contributed by atoms with Crippen molar-refractivity contribution in [2.24, 2.45) is 0 Å². The van der Waals surface area contributed by atoms with Gasteiger partial charge in [-0.2, -0.15) is 0 Å². The average Bonchev–Trinajstić information content (AvgIpc) is 3.07. The van der Waals surface area contributed by atoms with Crippen molar-refractivity contribution in [3.63, 3.8) is 0 Å². The van der Waals surface area contributed by atoms with E-state index >= 15 is 0 Å². The van der Waals surface area contributed by atoms with Gasteiger partial charge in [-0.3, -0.25) is 0 Å². The van der Waals surface area contributed by atoms with Crippen LogP contribution < -0.4 is 10.6 Å². The van der Waals surface area contributed by atoms with Gasteiger partial charge in [0, 0.05) is 42.6 Å². The van der Waals surface area contributed by atoms with E-state index in [9.17, 15) is 5.11 Å². The highest BCUT2D eigenvalue weighted by Crippen LogP contribution is 2.29. The number of aromatic nitrogens is 4. The Hall–Kier alpha value is -2.51. The quantitative estimate of drug-likeness (QED) is 0.621. The van der Waals surface area contributed by atoms with Crippen molar-refractivity contribution in [1.29, 1.82) is 0 Å². The maximum absolute atomic E-state index is 10.2. The molecule has 1 saturated carbocycles. The number of likely N-dealkylation sites (N-methyl/N-ethyl adjacent to an activating group) is 1. The van der Waals surface area contributed by atoms with Crippen LogP contribution in [-0.4, -0.2) is 50.4 Å². The standard InChI is InChI=1S/C20H26N6O/c1-21-11-12-26-13-15(14-5-4-9-22-19(14)26)16-8-10-23-20(24-16)25-17-6-2-3-7-18(17)27/h4-5,8-10,13,17-18,21,27H,2-3,6-7,11-12H2,1H3,(H,23,24,25)/t17-,18-/m1/s1.